The first-order valence-electron chi connectivity index (χ1n) is 6.94. The van der Waals surface area contributed by atoms with Crippen LogP contribution in [-0.2, 0) is 0 Å². The molecular weight excluding hydrogens is 263 g/mol. The average molecular weight is 283 g/mol. The maximum Gasteiger partial charge on any atom is 0.171 e. The summed E-state index contributed by atoms with van der Waals surface area (Å²) in [6, 6.07) is 4.35. The Kier molecular flexibility index (Phi) is 4.29. The van der Waals surface area contributed by atoms with E-state index in [4.69, 9.17) is 11.6 Å². The van der Waals surface area contributed by atoms with Gasteiger partial charge in [-0.05, 0) is 43.4 Å². The van der Waals surface area contributed by atoms with Gasteiger partial charge in [-0.2, -0.15) is 0 Å². The maximum atomic E-state index is 14.0. The average Bonchev–Trinajstić information content (AvgIpc) is 2.77. The smallest absolute Gasteiger partial charge is 0.171 e. The Morgan fingerprint density at radius 3 is 2.53 bits per heavy atom. The van der Waals surface area contributed by atoms with E-state index in [1.807, 2.05) is 0 Å². The molecule has 3 heteroatoms. The maximum absolute atomic E-state index is 14.0. The molecule has 0 amide bonds. The zero-order valence-electron chi connectivity index (χ0n) is 11.5. The van der Waals surface area contributed by atoms with Crippen LogP contribution >= 0.6 is 11.6 Å². The summed E-state index contributed by atoms with van der Waals surface area (Å²) >= 11 is 5.75. The van der Waals surface area contributed by atoms with Crippen molar-refractivity contribution in [2.24, 2.45) is 11.3 Å². The molecule has 1 aromatic rings. The lowest BCUT2D eigenvalue weighted by atomic mass is 9.73. The quantitative estimate of drug-likeness (QED) is 0.688. The largest absolute Gasteiger partial charge is 0.293 e. The Morgan fingerprint density at radius 1 is 1.37 bits per heavy atom. The van der Waals surface area contributed by atoms with Crippen molar-refractivity contribution in [2.45, 2.75) is 46.0 Å². The first-order chi connectivity index (χ1) is 8.94. The highest BCUT2D eigenvalue weighted by Gasteiger charge is 2.42. The van der Waals surface area contributed by atoms with Gasteiger partial charge >= 0.3 is 0 Å². The van der Waals surface area contributed by atoms with Gasteiger partial charge < -0.3 is 0 Å². The number of halogens is 2. The minimum absolute atomic E-state index is 0.0344. The molecule has 1 nitrogen and oxygen atoms in total. The third-order valence-corrected chi connectivity index (χ3v) is 4.25. The molecule has 0 heterocycles. The van der Waals surface area contributed by atoms with Gasteiger partial charge in [0.15, 0.2) is 5.78 Å². The van der Waals surface area contributed by atoms with Crippen molar-refractivity contribution < 1.29 is 9.18 Å². The van der Waals surface area contributed by atoms with Gasteiger partial charge in [0.2, 0.25) is 0 Å². The van der Waals surface area contributed by atoms with Crippen molar-refractivity contribution >= 4 is 17.4 Å². The van der Waals surface area contributed by atoms with E-state index >= 15 is 0 Å². The molecular formula is C16H20ClFO. The number of Topliss-reactive ketones (excluding diaryl/α,β-unsaturated/α-hetero) is 1. The summed E-state index contributed by atoms with van der Waals surface area (Å²) in [5, 5.41) is 0.332. The zero-order valence-corrected chi connectivity index (χ0v) is 12.3. The molecule has 0 saturated heterocycles. The van der Waals surface area contributed by atoms with Crippen molar-refractivity contribution in [1.29, 1.82) is 0 Å². The second-order valence-electron chi connectivity index (χ2n) is 6.04. The van der Waals surface area contributed by atoms with E-state index in [2.05, 4.69) is 13.8 Å². The molecule has 0 unspecified atom stereocenters. The zero-order chi connectivity index (χ0) is 14.0. The van der Waals surface area contributed by atoms with E-state index < -0.39 is 5.82 Å². The molecule has 0 atom stereocenters. The normalized spacial score (nSPS) is 17.9. The Balaban J connectivity index is 2.34. The number of carbonyl (C=O) groups excluding carboxylic acids is 1. The molecule has 0 aromatic heterocycles. The minimum Gasteiger partial charge on any atom is -0.293 e. The van der Waals surface area contributed by atoms with Crippen LogP contribution in [0, 0.1) is 17.2 Å². The summed E-state index contributed by atoms with van der Waals surface area (Å²) in [6.07, 6.45) is 4.73. The topological polar surface area (TPSA) is 17.1 Å². The number of rotatable bonds is 4. The van der Waals surface area contributed by atoms with Crippen LogP contribution in [0.15, 0.2) is 18.2 Å². The number of carbonyl (C=O) groups is 1. The second kappa shape index (κ2) is 5.62. The van der Waals surface area contributed by atoms with Crippen LogP contribution in [0.25, 0.3) is 0 Å². The van der Waals surface area contributed by atoms with Crippen molar-refractivity contribution in [2.75, 3.05) is 0 Å². The van der Waals surface area contributed by atoms with Gasteiger partial charge in [-0.25, -0.2) is 4.39 Å². The molecule has 1 aromatic carbocycles. The van der Waals surface area contributed by atoms with Crippen molar-refractivity contribution in [1.82, 2.24) is 0 Å². The number of hydrogen-bond acceptors (Lipinski definition) is 1. The Hall–Kier alpha value is -0.890. The third kappa shape index (κ3) is 3.00. The molecule has 1 fully saturated rings. The van der Waals surface area contributed by atoms with Crippen LogP contribution < -0.4 is 0 Å². The van der Waals surface area contributed by atoms with Crippen LogP contribution in [0.5, 0.6) is 0 Å². The van der Waals surface area contributed by atoms with Crippen molar-refractivity contribution in [3.63, 3.8) is 0 Å². The van der Waals surface area contributed by atoms with Gasteiger partial charge in [-0.3, -0.25) is 4.79 Å². The number of ketones is 1. The van der Waals surface area contributed by atoms with Crippen molar-refractivity contribution in [3.05, 3.63) is 34.6 Å². The molecule has 0 spiro atoms. The van der Waals surface area contributed by atoms with E-state index in [9.17, 15) is 9.18 Å². The van der Waals surface area contributed by atoms with Crippen LogP contribution in [-0.4, -0.2) is 5.78 Å². The fraction of sp³-hybridized carbons (Fsp3) is 0.562. The summed E-state index contributed by atoms with van der Waals surface area (Å²) in [5.74, 6) is -0.0854. The summed E-state index contributed by atoms with van der Waals surface area (Å²) in [4.78, 5) is 12.8. The molecule has 1 aliphatic rings. The van der Waals surface area contributed by atoms with E-state index in [0.717, 1.165) is 32.1 Å². The number of benzene rings is 1. The highest BCUT2D eigenvalue weighted by molar-refractivity contribution is 6.30. The lowest BCUT2D eigenvalue weighted by Gasteiger charge is -2.29. The Labute approximate surface area is 119 Å². The molecule has 1 saturated carbocycles. The van der Waals surface area contributed by atoms with Gasteiger partial charge in [0, 0.05) is 10.4 Å². The molecule has 19 heavy (non-hydrogen) atoms. The van der Waals surface area contributed by atoms with E-state index in [-0.39, 0.29) is 16.8 Å². The highest BCUT2D eigenvalue weighted by Crippen LogP contribution is 2.45. The van der Waals surface area contributed by atoms with Gasteiger partial charge in [-0.15, -0.1) is 0 Å². The lowest BCUT2D eigenvalue weighted by molar-refractivity contribution is 0.0755. The summed E-state index contributed by atoms with van der Waals surface area (Å²) in [5.41, 5.74) is -0.157. The predicted molar refractivity (Wildman–Crippen MR) is 76.1 cm³/mol. The van der Waals surface area contributed by atoms with E-state index in [0.29, 0.717) is 10.9 Å². The molecule has 2 rings (SSSR count). The molecule has 104 valence electrons. The molecule has 0 N–H and O–H groups in total. The van der Waals surface area contributed by atoms with Gasteiger partial charge in [0.25, 0.3) is 0 Å². The predicted octanol–water partition coefficient (Wildman–Crippen LogP) is 5.27. The van der Waals surface area contributed by atoms with Crippen LogP contribution in [0.2, 0.25) is 5.02 Å². The van der Waals surface area contributed by atoms with Crippen molar-refractivity contribution in [3.8, 4) is 0 Å². The van der Waals surface area contributed by atoms with E-state index in [1.165, 1.54) is 12.1 Å². The summed E-state index contributed by atoms with van der Waals surface area (Å²) in [6.45, 7) is 4.23. The van der Waals surface area contributed by atoms with Gasteiger partial charge in [0.05, 0.1) is 5.56 Å². The second-order valence-corrected chi connectivity index (χ2v) is 6.48. The first kappa shape index (κ1) is 14.5. The van der Waals surface area contributed by atoms with Gasteiger partial charge in [0.1, 0.15) is 5.82 Å². The summed E-state index contributed by atoms with van der Waals surface area (Å²) in [7, 11) is 0. The molecule has 0 aliphatic heterocycles. The van der Waals surface area contributed by atoms with Gasteiger partial charge in [-0.1, -0.05) is 38.3 Å². The SMILES string of the molecule is CC(C)CC1(C(=O)c2ccc(Cl)cc2F)CCCC1. The fourth-order valence-electron chi connectivity index (χ4n) is 3.32. The lowest BCUT2D eigenvalue weighted by Crippen LogP contribution is -2.30. The molecule has 1 aliphatic carbocycles. The van der Waals surface area contributed by atoms with Crippen LogP contribution in [0.1, 0.15) is 56.3 Å². The van der Waals surface area contributed by atoms with E-state index in [1.54, 1.807) is 6.07 Å². The monoisotopic (exact) mass is 282 g/mol. The van der Waals surface area contributed by atoms with Crippen LogP contribution in [0.3, 0.4) is 0 Å². The Morgan fingerprint density at radius 2 is 2.00 bits per heavy atom. The molecule has 0 radical (unpaired) electrons. The Bertz CT molecular complexity index is 476. The molecule has 0 bridgehead atoms. The van der Waals surface area contributed by atoms with Crippen LogP contribution in [0.4, 0.5) is 4.39 Å². The minimum atomic E-state index is -0.493. The highest BCUT2D eigenvalue weighted by atomic mass is 35.5. The fourth-order valence-corrected chi connectivity index (χ4v) is 3.48. The standard InChI is InChI=1S/C16H20ClFO/c1-11(2)10-16(7-3-4-8-16)15(19)13-6-5-12(17)9-14(13)18/h5-6,9,11H,3-4,7-8,10H2,1-2H3. The third-order valence-electron chi connectivity index (χ3n) is 4.02. The first-order valence-corrected chi connectivity index (χ1v) is 7.32. The number of hydrogen-bond donors (Lipinski definition) is 0. The summed E-state index contributed by atoms with van der Waals surface area (Å²) < 4.78 is 14.0.